The van der Waals surface area contributed by atoms with Gasteiger partial charge in [-0.05, 0) is 25.0 Å². The lowest BCUT2D eigenvalue weighted by molar-refractivity contribution is -0.137. The van der Waals surface area contributed by atoms with Crippen LogP contribution in [0.15, 0.2) is 12.1 Å². The average molecular weight is 357 g/mol. The van der Waals surface area contributed by atoms with E-state index in [1.807, 2.05) is 0 Å². The highest BCUT2D eigenvalue weighted by molar-refractivity contribution is 6.32. The van der Waals surface area contributed by atoms with E-state index in [1.165, 1.54) is 24.1 Å². The topological polar surface area (TPSA) is 119 Å². The van der Waals surface area contributed by atoms with E-state index in [2.05, 4.69) is 0 Å². The molecule has 3 N–H and O–H groups in total. The van der Waals surface area contributed by atoms with E-state index < -0.39 is 24.4 Å². The highest BCUT2D eigenvalue weighted by atomic mass is 35.5. The number of hydrogen-bond acceptors (Lipinski definition) is 5. The van der Waals surface area contributed by atoms with Crippen LogP contribution in [0.25, 0.3) is 0 Å². The fraction of sp³-hybridized carbons (Fsp3) is 0.400. The Hall–Kier alpha value is -2.48. The molecule has 9 heteroatoms. The summed E-state index contributed by atoms with van der Waals surface area (Å²) in [7, 11) is 1.35. The molecule has 1 aromatic carbocycles. The number of hydrogen-bond donors (Lipinski definition) is 2. The second-order valence-electron chi connectivity index (χ2n) is 5.30. The van der Waals surface area contributed by atoms with E-state index in [4.69, 9.17) is 31.9 Å². The van der Waals surface area contributed by atoms with E-state index >= 15 is 0 Å². The van der Waals surface area contributed by atoms with Gasteiger partial charge in [0.1, 0.15) is 6.54 Å². The summed E-state index contributed by atoms with van der Waals surface area (Å²) >= 11 is 6.10. The van der Waals surface area contributed by atoms with Crippen LogP contribution in [0, 0.1) is 0 Å². The van der Waals surface area contributed by atoms with Gasteiger partial charge >= 0.3 is 5.97 Å². The third-order valence-electron chi connectivity index (χ3n) is 3.39. The van der Waals surface area contributed by atoms with Crippen molar-refractivity contribution in [3.05, 3.63) is 22.7 Å². The number of aliphatic carboxylic acids is 1. The molecule has 0 aromatic heterocycles. The molecule has 130 valence electrons. The predicted molar refractivity (Wildman–Crippen MR) is 84.4 cm³/mol. The quantitative estimate of drug-likeness (QED) is 0.714. The molecule has 8 nitrogen and oxygen atoms in total. The molecule has 0 atom stereocenters. The molecule has 0 aliphatic heterocycles. The van der Waals surface area contributed by atoms with Crippen molar-refractivity contribution in [1.29, 1.82) is 0 Å². The normalized spacial score (nSPS) is 13.2. The number of carboxylic acid groups (broad SMARTS) is 1. The van der Waals surface area contributed by atoms with E-state index in [0.717, 1.165) is 12.8 Å². The number of rotatable bonds is 8. The summed E-state index contributed by atoms with van der Waals surface area (Å²) < 4.78 is 10.3. The minimum Gasteiger partial charge on any atom is -0.493 e. The summed E-state index contributed by atoms with van der Waals surface area (Å²) in [5, 5.41) is 9.03. The van der Waals surface area contributed by atoms with E-state index in [0.29, 0.717) is 0 Å². The number of benzene rings is 1. The first-order valence-electron chi connectivity index (χ1n) is 7.15. The van der Waals surface area contributed by atoms with Crippen molar-refractivity contribution in [2.24, 2.45) is 5.73 Å². The molecular formula is C15H17ClN2O6. The van der Waals surface area contributed by atoms with Crippen LogP contribution in [0.1, 0.15) is 23.2 Å². The molecular weight excluding hydrogens is 340 g/mol. The van der Waals surface area contributed by atoms with Crippen molar-refractivity contribution >= 4 is 29.4 Å². The van der Waals surface area contributed by atoms with Crippen molar-refractivity contribution < 1.29 is 29.0 Å². The molecule has 24 heavy (non-hydrogen) atoms. The molecule has 1 saturated carbocycles. The van der Waals surface area contributed by atoms with Crippen molar-refractivity contribution in [3.8, 4) is 11.5 Å². The van der Waals surface area contributed by atoms with Crippen molar-refractivity contribution in [3.63, 3.8) is 0 Å². The molecule has 0 spiro atoms. The van der Waals surface area contributed by atoms with Gasteiger partial charge in [0.15, 0.2) is 18.1 Å². The molecule has 0 unspecified atom stereocenters. The van der Waals surface area contributed by atoms with Gasteiger partial charge in [0, 0.05) is 11.6 Å². The Kier molecular flexibility index (Phi) is 5.50. The van der Waals surface area contributed by atoms with Crippen molar-refractivity contribution in [1.82, 2.24) is 4.90 Å². The highest BCUT2D eigenvalue weighted by Gasteiger charge is 2.35. The summed E-state index contributed by atoms with van der Waals surface area (Å²) in [4.78, 5) is 35.7. The second-order valence-corrected chi connectivity index (χ2v) is 5.71. The van der Waals surface area contributed by atoms with Gasteiger partial charge < -0.3 is 25.2 Å². The van der Waals surface area contributed by atoms with Gasteiger partial charge in [-0.3, -0.25) is 14.4 Å². The number of carbonyl (C=O) groups is 3. The molecule has 0 heterocycles. The van der Waals surface area contributed by atoms with Gasteiger partial charge in [-0.25, -0.2) is 0 Å². The highest BCUT2D eigenvalue weighted by Crippen LogP contribution is 2.37. The van der Waals surface area contributed by atoms with Crippen LogP contribution < -0.4 is 15.2 Å². The third kappa shape index (κ3) is 4.29. The lowest BCUT2D eigenvalue weighted by Gasteiger charge is -2.21. The number of carbonyl (C=O) groups excluding carboxylic acids is 2. The first-order chi connectivity index (χ1) is 11.3. The van der Waals surface area contributed by atoms with Crippen molar-refractivity contribution in [2.75, 3.05) is 20.3 Å². The second kappa shape index (κ2) is 7.39. The zero-order valence-corrected chi connectivity index (χ0v) is 13.7. The zero-order chi connectivity index (χ0) is 17.9. The smallest absolute Gasteiger partial charge is 0.323 e. The van der Waals surface area contributed by atoms with Gasteiger partial charge in [-0.15, -0.1) is 0 Å². The van der Waals surface area contributed by atoms with Gasteiger partial charge in [-0.2, -0.15) is 0 Å². The van der Waals surface area contributed by atoms with E-state index in [-0.39, 0.29) is 34.7 Å². The third-order valence-corrected chi connectivity index (χ3v) is 3.67. The Balaban J connectivity index is 2.29. The number of nitrogens with zero attached hydrogens (tertiary/aromatic N) is 1. The molecule has 2 rings (SSSR count). The molecule has 2 amide bonds. The Labute approximate surface area is 143 Å². The number of halogens is 1. The Bertz CT molecular complexity index is 674. The monoisotopic (exact) mass is 356 g/mol. The number of primary amides is 1. The molecule has 0 saturated heterocycles. The lowest BCUT2D eigenvalue weighted by Crippen LogP contribution is -2.37. The Morgan fingerprint density at radius 1 is 1.38 bits per heavy atom. The van der Waals surface area contributed by atoms with Crippen LogP contribution in [0.2, 0.25) is 5.02 Å². The van der Waals surface area contributed by atoms with Gasteiger partial charge in [0.2, 0.25) is 0 Å². The molecule has 1 aliphatic rings. The van der Waals surface area contributed by atoms with E-state index in [1.54, 1.807) is 0 Å². The standard InChI is InChI=1S/C15H17ClN2O6/c1-23-11-5-8(4-10(16)14(11)24-7-12(17)19)15(22)18(6-13(20)21)9-2-3-9/h4-5,9H,2-3,6-7H2,1H3,(H2,17,19)(H,20,21). The number of methoxy groups -OCH3 is 1. The summed E-state index contributed by atoms with van der Waals surface area (Å²) in [5.74, 6) is -1.99. The molecule has 1 fully saturated rings. The van der Waals surface area contributed by atoms with Crippen LogP contribution >= 0.6 is 11.6 Å². The lowest BCUT2D eigenvalue weighted by atomic mass is 10.1. The maximum absolute atomic E-state index is 12.6. The minimum absolute atomic E-state index is 0.0602. The SMILES string of the molecule is COc1cc(C(=O)N(CC(=O)O)C2CC2)cc(Cl)c1OCC(N)=O. The van der Waals surface area contributed by atoms with Crippen LogP contribution in [-0.2, 0) is 9.59 Å². The predicted octanol–water partition coefficient (Wildman–Crippen LogP) is 0.902. The largest absolute Gasteiger partial charge is 0.493 e. The van der Waals surface area contributed by atoms with Gasteiger partial charge in [-0.1, -0.05) is 11.6 Å². The number of nitrogens with two attached hydrogens (primary N) is 1. The van der Waals surface area contributed by atoms with Crippen LogP contribution in [0.4, 0.5) is 0 Å². The molecule has 0 bridgehead atoms. The van der Waals surface area contributed by atoms with Crippen LogP contribution in [0.3, 0.4) is 0 Å². The van der Waals surface area contributed by atoms with Crippen molar-refractivity contribution in [2.45, 2.75) is 18.9 Å². The summed E-state index contributed by atoms with van der Waals surface area (Å²) in [6, 6.07) is 2.66. The number of carboxylic acids is 1. The maximum atomic E-state index is 12.6. The average Bonchev–Trinajstić information content (AvgIpc) is 3.34. The van der Waals surface area contributed by atoms with E-state index in [9.17, 15) is 14.4 Å². The number of ether oxygens (including phenoxy) is 2. The zero-order valence-electron chi connectivity index (χ0n) is 13.0. The Morgan fingerprint density at radius 3 is 2.54 bits per heavy atom. The number of amides is 2. The Morgan fingerprint density at radius 2 is 2.04 bits per heavy atom. The van der Waals surface area contributed by atoms with Crippen LogP contribution in [-0.4, -0.2) is 54.1 Å². The minimum atomic E-state index is -1.09. The summed E-state index contributed by atoms with van der Waals surface area (Å²) in [6.45, 7) is -0.778. The molecule has 0 radical (unpaired) electrons. The van der Waals surface area contributed by atoms with Crippen LogP contribution in [0.5, 0.6) is 11.5 Å². The fourth-order valence-corrected chi connectivity index (χ4v) is 2.46. The van der Waals surface area contributed by atoms with Gasteiger partial charge in [0.05, 0.1) is 12.1 Å². The first kappa shape index (κ1) is 17.9. The summed E-state index contributed by atoms with van der Waals surface area (Å²) in [6.07, 6.45) is 1.54. The maximum Gasteiger partial charge on any atom is 0.323 e. The molecule has 1 aromatic rings. The molecule has 1 aliphatic carbocycles. The fourth-order valence-electron chi connectivity index (χ4n) is 2.19. The first-order valence-corrected chi connectivity index (χ1v) is 7.52. The summed E-state index contributed by atoms with van der Waals surface area (Å²) in [5.41, 5.74) is 5.20. The van der Waals surface area contributed by atoms with Gasteiger partial charge in [0.25, 0.3) is 11.8 Å².